The molecular weight excluding hydrogens is 328 g/mol. The average molecular weight is 363 g/mol. The highest BCUT2D eigenvalue weighted by Crippen LogP contribution is 2.24. The Kier molecular flexibility index (Phi) is 8.08. The molecule has 0 aliphatic heterocycles. The third kappa shape index (κ3) is 7.87. The van der Waals surface area contributed by atoms with Gasteiger partial charge in [0, 0.05) is 38.4 Å². The molecule has 1 aromatic rings. The van der Waals surface area contributed by atoms with Gasteiger partial charge in [-0.2, -0.15) is 0 Å². The van der Waals surface area contributed by atoms with E-state index in [1.807, 2.05) is 66.0 Å². The van der Waals surface area contributed by atoms with Crippen molar-refractivity contribution < 1.29 is 9.59 Å². The van der Waals surface area contributed by atoms with Crippen molar-refractivity contribution in [1.82, 2.24) is 10.2 Å². The van der Waals surface area contributed by atoms with Gasteiger partial charge in [-0.05, 0) is 50.7 Å². The molecule has 0 aliphatic rings. The van der Waals surface area contributed by atoms with Gasteiger partial charge in [0.2, 0.25) is 5.91 Å². The van der Waals surface area contributed by atoms with Gasteiger partial charge in [-0.15, -0.1) is 0 Å². The Morgan fingerprint density at radius 1 is 1.08 bits per heavy atom. The van der Waals surface area contributed by atoms with Crippen molar-refractivity contribution in [3.8, 4) is 0 Å². The summed E-state index contributed by atoms with van der Waals surface area (Å²) in [5.41, 5.74) is 1.95. The number of carbonyl (C=O) groups is 2. The molecule has 0 atom stereocenters. The van der Waals surface area contributed by atoms with Crippen LogP contribution in [0.5, 0.6) is 0 Å². The minimum absolute atomic E-state index is 0.0487. The molecule has 0 fully saturated rings. The molecule has 0 saturated carbocycles. The number of benzene rings is 1. The van der Waals surface area contributed by atoms with Gasteiger partial charge in [-0.25, -0.2) is 0 Å². The molecule has 146 valence electrons. The minimum Gasteiger partial charge on any atom is -0.377 e. The van der Waals surface area contributed by atoms with Crippen LogP contribution in [0.25, 0.3) is 0 Å². The van der Waals surface area contributed by atoms with Crippen LogP contribution in [0.2, 0.25) is 0 Å². The Bertz CT molecular complexity index is 619. The van der Waals surface area contributed by atoms with Crippen LogP contribution in [0.4, 0.5) is 11.4 Å². The molecule has 0 saturated heterocycles. The number of anilines is 2. The van der Waals surface area contributed by atoms with Gasteiger partial charge in [0.25, 0.3) is 5.91 Å². The van der Waals surface area contributed by atoms with Crippen molar-refractivity contribution >= 4 is 23.2 Å². The Morgan fingerprint density at radius 3 is 2.27 bits per heavy atom. The number of amides is 2. The quantitative estimate of drug-likeness (QED) is 0.698. The highest BCUT2D eigenvalue weighted by atomic mass is 16.2. The van der Waals surface area contributed by atoms with Crippen molar-refractivity contribution in [3.63, 3.8) is 0 Å². The zero-order valence-corrected chi connectivity index (χ0v) is 17.3. The summed E-state index contributed by atoms with van der Waals surface area (Å²) < 4.78 is 0. The molecule has 0 unspecified atom stereocenters. The normalized spacial score (nSPS) is 11.4. The number of rotatable bonds is 8. The van der Waals surface area contributed by atoms with Crippen LogP contribution in [0.3, 0.4) is 0 Å². The van der Waals surface area contributed by atoms with Crippen LogP contribution in [-0.2, 0) is 4.79 Å². The summed E-state index contributed by atoms with van der Waals surface area (Å²) in [5.74, 6) is -0.174. The van der Waals surface area contributed by atoms with E-state index in [9.17, 15) is 9.59 Å². The molecule has 0 aromatic heterocycles. The van der Waals surface area contributed by atoms with E-state index < -0.39 is 0 Å². The first-order chi connectivity index (χ1) is 12.0. The van der Waals surface area contributed by atoms with E-state index in [2.05, 4.69) is 15.5 Å². The van der Waals surface area contributed by atoms with Crippen LogP contribution in [0, 0.1) is 5.41 Å². The molecule has 6 heteroatoms. The van der Waals surface area contributed by atoms with E-state index in [1.165, 1.54) is 0 Å². The van der Waals surface area contributed by atoms with E-state index >= 15 is 0 Å². The third-order valence-corrected chi connectivity index (χ3v) is 3.77. The molecule has 0 heterocycles. The van der Waals surface area contributed by atoms with E-state index in [4.69, 9.17) is 0 Å². The second-order valence-electron chi connectivity index (χ2n) is 8.32. The summed E-state index contributed by atoms with van der Waals surface area (Å²) in [5, 5.41) is 5.86. The first-order valence-electron chi connectivity index (χ1n) is 9.04. The monoisotopic (exact) mass is 362 g/mol. The van der Waals surface area contributed by atoms with Gasteiger partial charge in [-0.1, -0.05) is 20.8 Å². The molecule has 0 bridgehead atoms. The fraction of sp³-hybridized carbons (Fsp3) is 0.600. The molecule has 26 heavy (non-hydrogen) atoms. The van der Waals surface area contributed by atoms with Crippen molar-refractivity contribution in [1.29, 1.82) is 0 Å². The fourth-order valence-electron chi connectivity index (χ4n) is 2.56. The summed E-state index contributed by atoms with van der Waals surface area (Å²) in [6, 6.07) is 5.44. The van der Waals surface area contributed by atoms with Gasteiger partial charge in [0.05, 0.1) is 5.56 Å². The molecular formula is C20H34N4O2. The lowest BCUT2D eigenvalue weighted by molar-refractivity contribution is -0.117. The molecule has 0 radical (unpaired) electrons. The summed E-state index contributed by atoms with van der Waals surface area (Å²) in [6.45, 7) is 7.60. The standard InChI is InChI=1S/C20H34N4O2/c1-20(2,3)14-18(25)22-15-9-10-17(24(6)7)16(13-15)19(26)21-11-8-12-23(4)5/h9-10,13H,8,11-12,14H2,1-7H3,(H,21,26)(H,22,25). The van der Waals surface area contributed by atoms with Gasteiger partial charge in [0.1, 0.15) is 0 Å². The lowest BCUT2D eigenvalue weighted by atomic mass is 9.92. The largest absolute Gasteiger partial charge is 0.377 e. The Hall–Kier alpha value is -2.08. The zero-order valence-electron chi connectivity index (χ0n) is 17.3. The summed E-state index contributed by atoms with van der Waals surface area (Å²) in [7, 11) is 7.82. The lowest BCUT2D eigenvalue weighted by Gasteiger charge is -2.20. The second-order valence-corrected chi connectivity index (χ2v) is 8.32. The summed E-state index contributed by atoms with van der Waals surface area (Å²) in [4.78, 5) is 28.8. The number of nitrogens with one attached hydrogen (secondary N) is 2. The maximum absolute atomic E-state index is 12.6. The predicted molar refractivity (Wildman–Crippen MR) is 109 cm³/mol. The molecule has 2 N–H and O–H groups in total. The van der Waals surface area contributed by atoms with Crippen LogP contribution >= 0.6 is 0 Å². The van der Waals surface area contributed by atoms with E-state index in [-0.39, 0.29) is 17.2 Å². The van der Waals surface area contributed by atoms with Crippen LogP contribution in [-0.4, -0.2) is 58.0 Å². The lowest BCUT2D eigenvalue weighted by Crippen LogP contribution is -2.29. The van der Waals surface area contributed by atoms with Crippen molar-refractivity contribution in [2.45, 2.75) is 33.6 Å². The first-order valence-corrected chi connectivity index (χ1v) is 9.04. The van der Waals surface area contributed by atoms with Gasteiger partial charge in [0.15, 0.2) is 0 Å². The Labute approximate surface area is 157 Å². The van der Waals surface area contributed by atoms with Crippen molar-refractivity contribution in [2.75, 3.05) is 51.5 Å². The van der Waals surface area contributed by atoms with E-state index in [1.54, 1.807) is 6.07 Å². The van der Waals surface area contributed by atoms with E-state index in [0.717, 1.165) is 18.7 Å². The van der Waals surface area contributed by atoms with E-state index in [0.29, 0.717) is 24.2 Å². The topological polar surface area (TPSA) is 64.7 Å². The van der Waals surface area contributed by atoms with Crippen molar-refractivity contribution in [3.05, 3.63) is 23.8 Å². The van der Waals surface area contributed by atoms with Crippen LogP contribution < -0.4 is 15.5 Å². The summed E-state index contributed by atoms with van der Waals surface area (Å²) >= 11 is 0. The number of nitrogens with zero attached hydrogens (tertiary/aromatic N) is 2. The number of carbonyl (C=O) groups excluding carboxylic acids is 2. The first kappa shape index (κ1) is 22.0. The fourth-order valence-corrected chi connectivity index (χ4v) is 2.56. The molecule has 1 aromatic carbocycles. The average Bonchev–Trinajstić information content (AvgIpc) is 2.48. The Balaban J connectivity index is 2.87. The number of hydrogen-bond acceptors (Lipinski definition) is 4. The smallest absolute Gasteiger partial charge is 0.253 e. The predicted octanol–water partition coefficient (Wildman–Crippen LogP) is 2.81. The molecule has 2 amide bonds. The van der Waals surface area contributed by atoms with Gasteiger partial charge >= 0.3 is 0 Å². The second kappa shape index (κ2) is 9.57. The Morgan fingerprint density at radius 2 is 1.73 bits per heavy atom. The molecule has 6 nitrogen and oxygen atoms in total. The van der Waals surface area contributed by atoms with Gasteiger partial charge in [-0.3, -0.25) is 9.59 Å². The maximum atomic E-state index is 12.6. The molecule has 1 rings (SSSR count). The number of hydrogen-bond donors (Lipinski definition) is 2. The van der Waals surface area contributed by atoms with Crippen molar-refractivity contribution in [2.24, 2.45) is 5.41 Å². The molecule has 0 spiro atoms. The minimum atomic E-state index is -0.126. The summed E-state index contributed by atoms with van der Waals surface area (Å²) in [6.07, 6.45) is 1.31. The van der Waals surface area contributed by atoms with Gasteiger partial charge < -0.3 is 20.4 Å². The highest BCUT2D eigenvalue weighted by molar-refractivity contribution is 6.02. The van der Waals surface area contributed by atoms with Crippen LogP contribution in [0.15, 0.2) is 18.2 Å². The maximum Gasteiger partial charge on any atom is 0.253 e. The highest BCUT2D eigenvalue weighted by Gasteiger charge is 2.18. The molecule has 0 aliphatic carbocycles. The van der Waals surface area contributed by atoms with Crippen LogP contribution in [0.1, 0.15) is 44.0 Å². The third-order valence-electron chi connectivity index (χ3n) is 3.77. The zero-order chi connectivity index (χ0) is 19.9. The SMILES string of the molecule is CN(C)CCCNC(=O)c1cc(NC(=O)CC(C)(C)C)ccc1N(C)C.